The predicted octanol–water partition coefficient (Wildman–Crippen LogP) is 5.36. The Morgan fingerprint density at radius 1 is 1.27 bits per heavy atom. The first-order chi connectivity index (χ1) is 12.3. The van der Waals surface area contributed by atoms with E-state index in [0.29, 0.717) is 12.0 Å². The molecule has 0 saturated carbocycles. The van der Waals surface area contributed by atoms with E-state index >= 15 is 0 Å². The maximum absolute atomic E-state index is 13.3. The van der Waals surface area contributed by atoms with Gasteiger partial charge < -0.3 is 10.1 Å². The van der Waals surface area contributed by atoms with Gasteiger partial charge in [0.05, 0.1) is 0 Å². The fourth-order valence-corrected chi connectivity index (χ4v) is 5.29. The van der Waals surface area contributed by atoms with Crippen LogP contribution in [-0.4, -0.2) is 16.6 Å². The Hall–Kier alpha value is -1.34. The van der Waals surface area contributed by atoms with Gasteiger partial charge in [0.2, 0.25) is 0 Å². The summed E-state index contributed by atoms with van der Waals surface area (Å²) >= 11 is 3.98. The summed E-state index contributed by atoms with van der Waals surface area (Å²) in [4.78, 5) is 13.8. The van der Waals surface area contributed by atoms with Crippen LogP contribution < -0.4 is 10.1 Å². The highest BCUT2D eigenvalue weighted by Gasteiger charge is 2.39. The fourth-order valence-electron chi connectivity index (χ4n) is 3.85. The number of aryl methyl sites for hydroxylation is 1. The van der Waals surface area contributed by atoms with Gasteiger partial charge in [-0.3, -0.25) is 4.79 Å². The smallest absolute Gasteiger partial charge is 0.424 e. The quantitative estimate of drug-likeness (QED) is 0.640. The molecule has 1 aromatic rings. The Morgan fingerprint density at radius 2 is 2.08 bits per heavy atom. The van der Waals surface area contributed by atoms with Gasteiger partial charge in [-0.1, -0.05) is 12.1 Å². The van der Waals surface area contributed by atoms with Crippen LogP contribution >= 0.6 is 27.7 Å². The second kappa shape index (κ2) is 6.68. The summed E-state index contributed by atoms with van der Waals surface area (Å²) < 4.78 is 31.4. The van der Waals surface area contributed by atoms with Crippen molar-refractivity contribution in [3.63, 3.8) is 0 Å². The summed E-state index contributed by atoms with van der Waals surface area (Å²) in [5.41, 5.74) is 4.42. The van der Waals surface area contributed by atoms with Crippen LogP contribution in [-0.2, 0) is 4.79 Å². The molecular formula is C19H18BrF2NO2S. The van der Waals surface area contributed by atoms with Gasteiger partial charge in [-0.25, -0.2) is 0 Å². The maximum atomic E-state index is 13.3. The van der Waals surface area contributed by atoms with Gasteiger partial charge >= 0.3 is 5.02 Å². The summed E-state index contributed by atoms with van der Waals surface area (Å²) in [6.45, 7) is 1.73. The second-order valence-electron chi connectivity index (χ2n) is 6.74. The van der Waals surface area contributed by atoms with Crippen molar-refractivity contribution in [2.24, 2.45) is 0 Å². The molecule has 1 aliphatic carbocycles. The van der Waals surface area contributed by atoms with Crippen LogP contribution in [0.2, 0.25) is 0 Å². The van der Waals surface area contributed by atoms with Crippen LogP contribution in [0.3, 0.4) is 0 Å². The van der Waals surface area contributed by atoms with Crippen molar-refractivity contribution in [1.82, 2.24) is 5.32 Å². The molecule has 3 nitrogen and oxygen atoms in total. The number of ketones is 1. The molecule has 2 aliphatic heterocycles. The lowest BCUT2D eigenvalue weighted by Crippen LogP contribution is -2.30. The molecular weight excluding hydrogens is 424 g/mol. The molecule has 0 spiro atoms. The van der Waals surface area contributed by atoms with Crippen molar-refractivity contribution in [3.8, 4) is 5.75 Å². The van der Waals surface area contributed by atoms with E-state index in [4.69, 9.17) is 4.74 Å². The van der Waals surface area contributed by atoms with E-state index in [1.807, 2.05) is 6.07 Å². The number of Topliss-reactive ketones (excluding diaryl/α,β-unsaturated/α-hetero) is 1. The normalized spacial score (nSPS) is 22.9. The van der Waals surface area contributed by atoms with Gasteiger partial charge in [-0.05, 0) is 43.4 Å². The van der Waals surface area contributed by atoms with E-state index in [0.717, 1.165) is 46.8 Å². The molecule has 0 bridgehead atoms. The van der Waals surface area contributed by atoms with Gasteiger partial charge in [-0.2, -0.15) is 8.78 Å². The molecule has 1 unspecified atom stereocenters. The van der Waals surface area contributed by atoms with E-state index in [2.05, 4.69) is 21.2 Å². The molecule has 3 aliphatic rings. The number of hydrogen-bond acceptors (Lipinski definition) is 4. The highest BCUT2D eigenvalue weighted by Crippen LogP contribution is 2.50. The summed E-state index contributed by atoms with van der Waals surface area (Å²) in [6, 6.07) is 5.34. The molecule has 0 aromatic heterocycles. The average molecular weight is 442 g/mol. The van der Waals surface area contributed by atoms with E-state index in [9.17, 15) is 13.6 Å². The van der Waals surface area contributed by atoms with Crippen molar-refractivity contribution >= 4 is 33.5 Å². The van der Waals surface area contributed by atoms with Crippen molar-refractivity contribution in [2.45, 2.75) is 43.5 Å². The molecule has 4 rings (SSSR count). The third-order valence-corrected chi connectivity index (χ3v) is 6.35. The SMILES string of the molecule is Cc1ccc(C2C3=C(CCS3)NC3=C2C(=O)CCC3)cc1OC(F)(F)Br. The van der Waals surface area contributed by atoms with Gasteiger partial charge in [0.25, 0.3) is 0 Å². The van der Waals surface area contributed by atoms with Crippen LogP contribution in [0.1, 0.15) is 42.7 Å². The number of carbonyl (C=O) groups is 1. The monoisotopic (exact) mass is 441 g/mol. The van der Waals surface area contributed by atoms with Gasteiger partial charge in [-0.15, -0.1) is 11.8 Å². The topological polar surface area (TPSA) is 38.3 Å². The molecule has 0 fully saturated rings. The number of ether oxygens (including phenoxy) is 1. The molecule has 2 heterocycles. The summed E-state index contributed by atoms with van der Waals surface area (Å²) in [5, 5.41) is 0.0421. The van der Waals surface area contributed by atoms with E-state index in [-0.39, 0.29) is 17.5 Å². The average Bonchev–Trinajstić information content (AvgIpc) is 3.02. The van der Waals surface area contributed by atoms with Crippen LogP contribution in [0.15, 0.2) is 40.1 Å². The zero-order chi connectivity index (χ0) is 18.5. The minimum absolute atomic E-state index is 0.124. The first kappa shape index (κ1) is 18.0. The maximum Gasteiger partial charge on any atom is 0.459 e. The lowest BCUT2D eigenvalue weighted by atomic mass is 9.79. The van der Waals surface area contributed by atoms with Crippen molar-refractivity contribution in [1.29, 1.82) is 0 Å². The first-order valence-electron chi connectivity index (χ1n) is 8.59. The van der Waals surface area contributed by atoms with Crippen LogP contribution in [0.25, 0.3) is 0 Å². The number of benzene rings is 1. The molecule has 7 heteroatoms. The highest BCUT2D eigenvalue weighted by atomic mass is 79.9. The first-order valence-corrected chi connectivity index (χ1v) is 10.4. The third kappa shape index (κ3) is 3.31. The van der Waals surface area contributed by atoms with E-state index < -0.39 is 5.02 Å². The number of thioether (sulfide) groups is 1. The molecule has 0 amide bonds. The number of halogens is 3. The van der Waals surface area contributed by atoms with Crippen molar-refractivity contribution < 1.29 is 18.3 Å². The molecule has 0 saturated heterocycles. The predicted molar refractivity (Wildman–Crippen MR) is 102 cm³/mol. The number of alkyl halides is 3. The fraction of sp³-hybridized carbons (Fsp3) is 0.421. The summed E-state index contributed by atoms with van der Waals surface area (Å²) in [6.07, 6.45) is 3.19. The minimum atomic E-state index is -3.43. The number of hydrogen-bond donors (Lipinski definition) is 1. The number of nitrogens with one attached hydrogen (secondary N) is 1. The van der Waals surface area contributed by atoms with E-state index in [1.165, 1.54) is 5.70 Å². The summed E-state index contributed by atoms with van der Waals surface area (Å²) in [5.74, 6) is 1.06. The third-order valence-electron chi connectivity index (χ3n) is 4.99. The lowest BCUT2D eigenvalue weighted by Gasteiger charge is -2.33. The number of carbonyl (C=O) groups excluding carboxylic acids is 1. The van der Waals surface area contributed by atoms with Crippen molar-refractivity contribution in [2.75, 3.05) is 5.75 Å². The zero-order valence-electron chi connectivity index (χ0n) is 14.2. The minimum Gasteiger partial charge on any atom is -0.424 e. The molecule has 0 radical (unpaired) electrons. The highest BCUT2D eigenvalue weighted by molar-refractivity contribution is 9.09. The van der Waals surface area contributed by atoms with Crippen LogP contribution in [0.4, 0.5) is 8.78 Å². The summed E-state index contributed by atoms with van der Waals surface area (Å²) in [7, 11) is 0. The molecule has 26 heavy (non-hydrogen) atoms. The standard InChI is InChI=1S/C19H18BrF2NO2S/c1-10-5-6-11(9-15(10)25-19(20,21)22)16-17-12(3-2-4-14(17)24)23-13-7-8-26-18(13)16/h5-6,9,16,23H,2-4,7-8H2,1H3. The molecule has 1 atom stereocenters. The van der Waals surface area contributed by atoms with Gasteiger partial charge in [0.15, 0.2) is 5.78 Å². The number of rotatable bonds is 3. The van der Waals surface area contributed by atoms with Crippen LogP contribution in [0, 0.1) is 6.92 Å². The zero-order valence-corrected chi connectivity index (χ0v) is 16.6. The number of dihydropyridines is 1. The van der Waals surface area contributed by atoms with E-state index in [1.54, 1.807) is 30.8 Å². The Labute approximate surface area is 163 Å². The van der Waals surface area contributed by atoms with Gasteiger partial charge in [0.1, 0.15) is 5.75 Å². The Bertz CT molecular complexity index is 844. The number of allylic oxidation sites excluding steroid dienone is 4. The Morgan fingerprint density at radius 3 is 2.85 bits per heavy atom. The Kier molecular flexibility index (Phi) is 4.63. The molecule has 138 valence electrons. The van der Waals surface area contributed by atoms with Crippen molar-refractivity contribution in [3.05, 3.63) is 51.2 Å². The second-order valence-corrected chi connectivity index (χ2v) is 8.80. The van der Waals surface area contributed by atoms with Gasteiger partial charge in [0, 0.05) is 55.9 Å². The van der Waals surface area contributed by atoms with Crippen LogP contribution in [0.5, 0.6) is 5.75 Å². The molecule has 1 N–H and O–H groups in total. The largest absolute Gasteiger partial charge is 0.459 e. The lowest BCUT2D eigenvalue weighted by molar-refractivity contribution is -0.116. The molecule has 1 aromatic carbocycles. The Balaban J connectivity index is 1.81.